The second-order valence-corrected chi connectivity index (χ2v) is 4.00. The SMILES string of the molecule is O=[N+]([O-])c1ccc(F)c(Cl)c1.O=[N+]([O-])c1ccc(F)cc1. The molecule has 0 atom stereocenters. The Bertz CT molecular complexity index is 665. The lowest BCUT2D eigenvalue weighted by molar-refractivity contribution is -0.385. The van der Waals surface area contributed by atoms with Crippen LogP contribution in [0, 0.1) is 31.9 Å². The molecule has 0 spiro atoms. The van der Waals surface area contributed by atoms with Gasteiger partial charge in [-0.05, 0) is 18.2 Å². The van der Waals surface area contributed by atoms with Gasteiger partial charge in [0.25, 0.3) is 11.4 Å². The molecule has 0 amide bonds. The number of hydrogen-bond donors (Lipinski definition) is 0. The van der Waals surface area contributed by atoms with Gasteiger partial charge >= 0.3 is 0 Å². The number of non-ortho nitro benzene ring substituents is 2. The van der Waals surface area contributed by atoms with Crippen molar-refractivity contribution < 1.29 is 18.6 Å². The van der Waals surface area contributed by atoms with E-state index in [0.29, 0.717) is 0 Å². The normalized spacial score (nSPS) is 9.48. The maximum Gasteiger partial charge on any atom is 0.271 e. The van der Waals surface area contributed by atoms with Crippen LogP contribution in [0.3, 0.4) is 0 Å². The maximum absolute atomic E-state index is 12.4. The molecule has 21 heavy (non-hydrogen) atoms. The van der Waals surface area contributed by atoms with Crippen molar-refractivity contribution in [2.75, 3.05) is 0 Å². The third-order valence-corrected chi connectivity index (χ3v) is 2.44. The smallest absolute Gasteiger partial charge is 0.258 e. The van der Waals surface area contributed by atoms with Gasteiger partial charge < -0.3 is 0 Å². The first kappa shape index (κ1) is 16.4. The van der Waals surface area contributed by atoms with Gasteiger partial charge in [0.1, 0.15) is 11.6 Å². The van der Waals surface area contributed by atoms with Crippen LogP contribution in [-0.2, 0) is 0 Å². The summed E-state index contributed by atoms with van der Waals surface area (Å²) in [6.07, 6.45) is 0. The first-order chi connectivity index (χ1) is 9.81. The molecule has 0 aromatic heterocycles. The van der Waals surface area contributed by atoms with Crippen LogP contribution in [0.4, 0.5) is 20.2 Å². The third kappa shape index (κ3) is 5.11. The van der Waals surface area contributed by atoms with Gasteiger partial charge in [0.05, 0.1) is 14.9 Å². The van der Waals surface area contributed by atoms with Crippen molar-refractivity contribution in [2.45, 2.75) is 0 Å². The highest BCUT2D eigenvalue weighted by Gasteiger charge is 2.08. The monoisotopic (exact) mass is 316 g/mol. The van der Waals surface area contributed by atoms with Crippen LogP contribution < -0.4 is 0 Å². The molecule has 0 aliphatic rings. The highest BCUT2D eigenvalue weighted by Crippen LogP contribution is 2.20. The van der Waals surface area contributed by atoms with Crippen molar-refractivity contribution in [1.29, 1.82) is 0 Å². The average Bonchev–Trinajstić information content (AvgIpc) is 2.43. The van der Waals surface area contributed by atoms with Crippen molar-refractivity contribution in [2.24, 2.45) is 0 Å². The predicted molar refractivity (Wildman–Crippen MR) is 71.1 cm³/mol. The molecule has 2 rings (SSSR count). The van der Waals surface area contributed by atoms with Crippen LogP contribution in [0.25, 0.3) is 0 Å². The topological polar surface area (TPSA) is 86.3 Å². The van der Waals surface area contributed by atoms with Gasteiger partial charge in [0.15, 0.2) is 0 Å². The summed E-state index contributed by atoms with van der Waals surface area (Å²) in [6.45, 7) is 0. The van der Waals surface area contributed by atoms with Gasteiger partial charge in [0.2, 0.25) is 0 Å². The van der Waals surface area contributed by atoms with E-state index >= 15 is 0 Å². The molecule has 9 heteroatoms. The maximum atomic E-state index is 12.4. The molecule has 0 aliphatic heterocycles. The largest absolute Gasteiger partial charge is 0.271 e. The second-order valence-electron chi connectivity index (χ2n) is 3.59. The molecule has 0 saturated heterocycles. The quantitative estimate of drug-likeness (QED) is 0.616. The van der Waals surface area contributed by atoms with Crippen molar-refractivity contribution in [1.82, 2.24) is 0 Å². The van der Waals surface area contributed by atoms with Gasteiger partial charge in [-0.15, -0.1) is 0 Å². The Hall–Kier alpha value is -2.61. The number of halogens is 3. The number of nitro benzene ring substituents is 2. The van der Waals surface area contributed by atoms with Crippen molar-refractivity contribution in [3.05, 3.63) is 79.4 Å². The molecule has 0 N–H and O–H groups in total. The van der Waals surface area contributed by atoms with Crippen LogP contribution in [0.15, 0.2) is 42.5 Å². The van der Waals surface area contributed by atoms with Crippen LogP contribution in [0.1, 0.15) is 0 Å². The Balaban J connectivity index is 0.000000211. The summed E-state index contributed by atoms with van der Waals surface area (Å²) in [5.41, 5.74) is -0.308. The summed E-state index contributed by atoms with van der Waals surface area (Å²) < 4.78 is 24.5. The first-order valence-electron chi connectivity index (χ1n) is 5.30. The Morgan fingerprint density at radius 2 is 1.33 bits per heavy atom. The van der Waals surface area contributed by atoms with Crippen LogP contribution in [0.5, 0.6) is 0 Å². The Labute approximate surface area is 121 Å². The zero-order valence-electron chi connectivity index (χ0n) is 10.2. The van der Waals surface area contributed by atoms with Gasteiger partial charge in [-0.2, -0.15) is 0 Å². The number of benzene rings is 2. The lowest BCUT2D eigenvalue weighted by Crippen LogP contribution is -1.87. The summed E-state index contributed by atoms with van der Waals surface area (Å²) >= 11 is 5.28. The summed E-state index contributed by atoms with van der Waals surface area (Å²) in [6, 6.07) is 7.33. The molecule has 110 valence electrons. The van der Waals surface area contributed by atoms with Gasteiger partial charge in [-0.1, -0.05) is 11.6 Å². The van der Waals surface area contributed by atoms with E-state index in [1.54, 1.807) is 0 Å². The second kappa shape index (κ2) is 7.25. The van der Waals surface area contributed by atoms with E-state index in [1.807, 2.05) is 0 Å². The third-order valence-electron chi connectivity index (χ3n) is 2.15. The Kier molecular flexibility index (Phi) is 5.67. The number of nitro groups is 2. The van der Waals surface area contributed by atoms with E-state index in [0.717, 1.165) is 42.5 Å². The van der Waals surface area contributed by atoms with Crippen molar-refractivity contribution >= 4 is 23.0 Å². The summed E-state index contributed by atoms with van der Waals surface area (Å²) in [7, 11) is 0. The molecule has 0 fully saturated rings. The molecule has 0 aliphatic carbocycles. The van der Waals surface area contributed by atoms with E-state index in [1.165, 1.54) is 0 Å². The van der Waals surface area contributed by atoms with Crippen LogP contribution in [-0.4, -0.2) is 9.85 Å². The fraction of sp³-hybridized carbons (Fsp3) is 0. The molecule has 6 nitrogen and oxygen atoms in total. The number of nitrogens with zero attached hydrogens (tertiary/aromatic N) is 2. The molecular formula is C12H7ClF2N2O4. The van der Waals surface area contributed by atoms with Gasteiger partial charge in [0, 0.05) is 24.3 Å². The lowest BCUT2D eigenvalue weighted by atomic mass is 10.3. The van der Waals surface area contributed by atoms with Crippen LogP contribution >= 0.6 is 11.6 Å². The highest BCUT2D eigenvalue weighted by molar-refractivity contribution is 6.30. The van der Waals surface area contributed by atoms with Crippen LogP contribution in [0.2, 0.25) is 5.02 Å². The Morgan fingerprint density at radius 1 is 0.857 bits per heavy atom. The summed E-state index contributed by atoms with van der Waals surface area (Å²) in [5, 5.41) is 19.8. The molecule has 0 heterocycles. The number of rotatable bonds is 2. The zero-order valence-corrected chi connectivity index (χ0v) is 11.0. The minimum absolute atomic E-state index is 0.0959. The molecule has 2 aromatic rings. The highest BCUT2D eigenvalue weighted by atomic mass is 35.5. The molecule has 0 saturated carbocycles. The van der Waals surface area contributed by atoms with Gasteiger partial charge in [-0.3, -0.25) is 20.2 Å². The predicted octanol–water partition coefficient (Wildman–Crippen LogP) is 4.12. The van der Waals surface area contributed by atoms with Crippen molar-refractivity contribution in [3.8, 4) is 0 Å². The minimum Gasteiger partial charge on any atom is -0.258 e. The van der Waals surface area contributed by atoms with Crippen molar-refractivity contribution in [3.63, 3.8) is 0 Å². The average molecular weight is 317 g/mol. The minimum atomic E-state index is -0.655. The molecule has 0 radical (unpaired) electrons. The molecule has 2 aromatic carbocycles. The fourth-order valence-electron chi connectivity index (χ4n) is 1.16. The van der Waals surface area contributed by atoms with E-state index in [4.69, 9.17) is 11.6 Å². The molecule has 0 bridgehead atoms. The fourth-order valence-corrected chi connectivity index (χ4v) is 1.34. The van der Waals surface area contributed by atoms with E-state index in [-0.39, 0.29) is 16.4 Å². The summed E-state index contributed by atoms with van der Waals surface area (Å²) in [5.74, 6) is -1.12. The zero-order chi connectivity index (χ0) is 16.0. The van der Waals surface area contributed by atoms with E-state index in [2.05, 4.69) is 0 Å². The Morgan fingerprint density at radius 3 is 1.76 bits per heavy atom. The standard InChI is InChI=1S/C6H3ClFNO2.C6H4FNO2/c7-5-3-4(9(10)11)1-2-6(5)8;7-5-1-3-6(4-2-5)8(9)10/h1-3H;1-4H. The molecular weight excluding hydrogens is 310 g/mol. The summed E-state index contributed by atoms with van der Waals surface area (Å²) in [4.78, 5) is 18.9. The van der Waals surface area contributed by atoms with E-state index in [9.17, 15) is 29.0 Å². The lowest BCUT2D eigenvalue weighted by Gasteiger charge is -1.92. The first-order valence-corrected chi connectivity index (χ1v) is 5.68. The number of hydrogen-bond acceptors (Lipinski definition) is 4. The van der Waals surface area contributed by atoms with E-state index < -0.39 is 21.5 Å². The molecule has 0 unspecified atom stereocenters. The van der Waals surface area contributed by atoms with Gasteiger partial charge in [-0.25, -0.2) is 8.78 Å².